The number of aliphatic hydroxyl groups is 1. The molecule has 0 aliphatic carbocycles. The number of aromatic hydroxyl groups is 1. The van der Waals surface area contributed by atoms with Gasteiger partial charge in [0.2, 0.25) is 0 Å². The molecule has 0 aliphatic rings. The summed E-state index contributed by atoms with van der Waals surface area (Å²) >= 11 is 0. The van der Waals surface area contributed by atoms with Gasteiger partial charge in [-0.3, -0.25) is 4.79 Å². The first kappa shape index (κ1) is 14.5. The molecule has 1 atom stereocenters. The van der Waals surface area contributed by atoms with Gasteiger partial charge in [0.1, 0.15) is 11.6 Å². The highest BCUT2D eigenvalue weighted by Gasteiger charge is 2.22. The van der Waals surface area contributed by atoms with Crippen molar-refractivity contribution in [3.63, 3.8) is 0 Å². The minimum Gasteiger partial charge on any atom is -0.507 e. The van der Waals surface area contributed by atoms with E-state index in [1.165, 1.54) is 12.1 Å². The zero-order valence-corrected chi connectivity index (χ0v) is 12.1. The number of phenolic OH excluding ortho intramolecular Hbond substituents is 1. The second-order valence-electron chi connectivity index (χ2n) is 5.69. The van der Waals surface area contributed by atoms with Gasteiger partial charge in [0.15, 0.2) is 0 Å². The Kier molecular flexibility index (Phi) is 3.81. The number of benzene rings is 1. The van der Waals surface area contributed by atoms with Crippen LogP contribution < -0.4 is 5.56 Å². The van der Waals surface area contributed by atoms with Crippen LogP contribution >= 0.6 is 0 Å². The molecular formula is C15H20N2O3. The molecule has 1 aromatic heterocycles. The molecule has 5 nitrogen and oxygen atoms in total. The lowest BCUT2D eigenvalue weighted by atomic mass is 9.96. The Labute approximate surface area is 117 Å². The molecule has 0 bridgehead atoms. The van der Waals surface area contributed by atoms with Gasteiger partial charge in [-0.25, -0.2) is 4.98 Å². The van der Waals surface area contributed by atoms with Crippen LogP contribution in [0.2, 0.25) is 0 Å². The summed E-state index contributed by atoms with van der Waals surface area (Å²) in [5.74, 6) is 0.477. The van der Waals surface area contributed by atoms with Crippen LogP contribution in [0.5, 0.6) is 5.75 Å². The summed E-state index contributed by atoms with van der Waals surface area (Å²) < 4.78 is 0. The summed E-state index contributed by atoms with van der Waals surface area (Å²) in [6.45, 7) is 7.54. The maximum Gasteiger partial charge on any atom is 0.258 e. The molecule has 3 N–H and O–H groups in total. The van der Waals surface area contributed by atoms with Gasteiger partial charge >= 0.3 is 0 Å². The van der Waals surface area contributed by atoms with Gasteiger partial charge in [-0.15, -0.1) is 0 Å². The van der Waals surface area contributed by atoms with Crippen LogP contribution in [-0.2, 0) is 0 Å². The molecule has 0 saturated carbocycles. The molecule has 0 radical (unpaired) electrons. The second-order valence-corrected chi connectivity index (χ2v) is 5.69. The lowest BCUT2D eigenvalue weighted by molar-refractivity contribution is 0.125. The van der Waals surface area contributed by atoms with Crippen LogP contribution in [0.3, 0.4) is 0 Å². The van der Waals surface area contributed by atoms with Crippen LogP contribution in [0.15, 0.2) is 16.9 Å². The molecule has 0 spiro atoms. The molecule has 1 aromatic carbocycles. The topological polar surface area (TPSA) is 86.2 Å². The highest BCUT2D eigenvalue weighted by Crippen LogP contribution is 2.34. The van der Waals surface area contributed by atoms with Crippen LogP contribution in [0, 0.1) is 5.92 Å². The number of aliphatic hydroxyl groups excluding tert-OH is 1. The third-order valence-electron chi connectivity index (χ3n) is 3.39. The number of fused-ring (bicyclic) bond motifs is 1. The van der Waals surface area contributed by atoms with Gasteiger partial charge in [-0.2, -0.15) is 0 Å². The highest BCUT2D eigenvalue weighted by atomic mass is 16.3. The van der Waals surface area contributed by atoms with E-state index in [0.29, 0.717) is 22.3 Å². The van der Waals surface area contributed by atoms with Crippen molar-refractivity contribution in [2.45, 2.75) is 39.7 Å². The second kappa shape index (κ2) is 5.25. The first-order valence-electron chi connectivity index (χ1n) is 6.76. The van der Waals surface area contributed by atoms with E-state index in [4.69, 9.17) is 0 Å². The largest absolute Gasteiger partial charge is 0.507 e. The van der Waals surface area contributed by atoms with Crippen molar-refractivity contribution in [3.8, 4) is 5.75 Å². The van der Waals surface area contributed by atoms with Crippen molar-refractivity contribution >= 4 is 10.9 Å². The number of hydrogen-bond acceptors (Lipinski definition) is 4. The Hall–Kier alpha value is -1.88. The van der Waals surface area contributed by atoms with Crippen LogP contribution in [0.1, 0.15) is 51.1 Å². The standard InChI is InChI=1S/C15H20N2O3/c1-7(2)13(19)11-10(18)6-5-9-12(11)16-14(8(3)4)17-15(9)20/h5-8,13,18-19H,1-4H3,(H,16,17,20). The molecule has 1 heterocycles. The first-order valence-corrected chi connectivity index (χ1v) is 6.76. The Balaban J connectivity index is 2.85. The van der Waals surface area contributed by atoms with Gasteiger partial charge < -0.3 is 15.2 Å². The molecule has 2 aromatic rings. The molecule has 0 aliphatic heterocycles. The van der Waals surface area contributed by atoms with E-state index in [1.807, 2.05) is 27.7 Å². The van der Waals surface area contributed by atoms with E-state index in [9.17, 15) is 15.0 Å². The number of nitrogens with one attached hydrogen (secondary N) is 1. The molecule has 0 fully saturated rings. The predicted octanol–water partition coefficient (Wildman–Crippen LogP) is 2.44. The Morgan fingerprint density at radius 3 is 2.40 bits per heavy atom. The normalized spacial score (nSPS) is 13.3. The number of nitrogens with zero attached hydrogens (tertiary/aromatic N) is 1. The van der Waals surface area contributed by atoms with Gasteiger partial charge in [0.05, 0.1) is 17.0 Å². The lowest BCUT2D eigenvalue weighted by Gasteiger charge is -2.18. The Bertz CT molecular complexity index is 689. The van der Waals surface area contributed by atoms with E-state index in [2.05, 4.69) is 9.97 Å². The number of hydrogen-bond donors (Lipinski definition) is 3. The number of H-pyrrole nitrogens is 1. The molecule has 108 valence electrons. The lowest BCUT2D eigenvalue weighted by Crippen LogP contribution is -2.15. The van der Waals surface area contributed by atoms with Gasteiger partial charge in [-0.1, -0.05) is 27.7 Å². The fourth-order valence-corrected chi connectivity index (χ4v) is 2.13. The smallest absolute Gasteiger partial charge is 0.258 e. The number of aromatic amines is 1. The zero-order chi connectivity index (χ0) is 15.0. The average Bonchev–Trinajstić information content (AvgIpc) is 2.37. The van der Waals surface area contributed by atoms with Crippen molar-refractivity contribution < 1.29 is 10.2 Å². The fourth-order valence-electron chi connectivity index (χ4n) is 2.13. The molecule has 0 saturated heterocycles. The van der Waals surface area contributed by atoms with E-state index in [-0.39, 0.29) is 23.1 Å². The van der Waals surface area contributed by atoms with Crippen molar-refractivity contribution in [2.75, 3.05) is 0 Å². The third kappa shape index (κ3) is 2.41. The van der Waals surface area contributed by atoms with Crippen molar-refractivity contribution in [3.05, 3.63) is 33.9 Å². The zero-order valence-electron chi connectivity index (χ0n) is 12.1. The number of aromatic nitrogens is 2. The fraction of sp³-hybridized carbons (Fsp3) is 0.467. The maximum atomic E-state index is 12.1. The summed E-state index contributed by atoms with van der Waals surface area (Å²) in [4.78, 5) is 19.3. The average molecular weight is 276 g/mol. The first-order chi connectivity index (χ1) is 9.32. The van der Waals surface area contributed by atoms with Gasteiger partial charge in [-0.05, 0) is 18.1 Å². The summed E-state index contributed by atoms with van der Waals surface area (Å²) in [5.41, 5.74) is 0.444. The van der Waals surface area contributed by atoms with Crippen LogP contribution in [-0.4, -0.2) is 20.2 Å². The molecular weight excluding hydrogens is 256 g/mol. The summed E-state index contributed by atoms with van der Waals surface area (Å²) in [5, 5.41) is 20.7. The minimum absolute atomic E-state index is 0.0356. The summed E-state index contributed by atoms with van der Waals surface area (Å²) in [6, 6.07) is 2.95. The Morgan fingerprint density at radius 2 is 1.85 bits per heavy atom. The van der Waals surface area contributed by atoms with E-state index >= 15 is 0 Å². The van der Waals surface area contributed by atoms with Crippen molar-refractivity contribution in [2.24, 2.45) is 5.92 Å². The third-order valence-corrected chi connectivity index (χ3v) is 3.39. The molecule has 5 heteroatoms. The molecule has 0 amide bonds. The molecule has 1 unspecified atom stereocenters. The summed E-state index contributed by atoms with van der Waals surface area (Å²) in [6.07, 6.45) is -0.868. The SMILES string of the molecule is CC(C)c1nc2c(C(O)C(C)C)c(O)ccc2c(=O)[nH]1. The van der Waals surface area contributed by atoms with E-state index < -0.39 is 6.10 Å². The maximum absolute atomic E-state index is 12.1. The highest BCUT2D eigenvalue weighted by molar-refractivity contribution is 5.83. The summed E-state index contributed by atoms with van der Waals surface area (Å²) in [7, 11) is 0. The van der Waals surface area contributed by atoms with Crippen molar-refractivity contribution in [1.82, 2.24) is 9.97 Å². The van der Waals surface area contributed by atoms with Crippen LogP contribution in [0.4, 0.5) is 0 Å². The predicted molar refractivity (Wildman–Crippen MR) is 77.9 cm³/mol. The number of phenols is 1. The monoisotopic (exact) mass is 276 g/mol. The van der Waals surface area contributed by atoms with E-state index in [1.54, 1.807) is 0 Å². The molecule has 20 heavy (non-hydrogen) atoms. The number of rotatable bonds is 3. The van der Waals surface area contributed by atoms with Gasteiger partial charge in [0.25, 0.3) is 5.56 Å². The van der Waals surface area contributed by atoms with Gasteiger partial charge in [0, 0.05) is 11.5 Å². The van der Waals surface area contributed by atoms with E-state index in [0.717, 1.165) is 0 Å². The Morgan fingerprint density at radius 1 is 1.20 bits per heavy atom. The van der Waals surface area contributed by atoms with Crippen LogP contribution in [0.25, 0.3) is 10.9 Å². The minimum atomic E-state index is -0.868. The quantitative estimate of drug-likeness (QED) is 0.803. The molecule has 2 rings (SSSR count). The van der Waals surface area contributed by atoms with Crippen molar-refractivity contribution in [1.29, 1.82) is 0 Å².